The summed E-state index contributed by atoms with van der Waals surface area (Å²) in [6.45, 7) is 1.93. The minimum Gasteiger partial charge on any atom is -0.334 e. The molecule has 31 heavy (non-hydrogen) atoms. The van der Waals surface area contributed by atoms with Crippen molar-refractivity contribution in [1.29, 1.82) is 0 Å². The number of anilines is 1. The lowest BCUT2D eigenvalue weighted by molar-refractivity contribution is -0.136. The van der Waals surface area contributed by atoms with Crippen molar-refractivity contribution in [3.8, 4) is 0 Å². The molecule has 0 radical (unpaired) electrons. The first-order chi connectivity index (χ1) is 14.8. The molecule has 2 heterocycles. The third-order valence-corrected chi connectivity index (χ3v) is 5.27. The van der Waals surface area contributed by atoms with Gasteiger partial charge < -0.3 is 10.6 Å². The molecule has 2 aromatic rings. The number of nitrogens with one attached hydrogen (secondary N) is 3. The summed E-state index contributed by atoms with van der Waals surface area (Å²) >= 11 is 0. The fraction of sp³-hybridized carbons (Fsp3) is 0.227. The molecule has 0 spiro atoms. The van der Waals surface area contributed by atoms with E-state index in [1.54, 1.807) is 18.2 Å². The number of hydrogen-bond acceptors (Lipinski definition) is 5. The van der Waals surface area contributed by atoms with Crippen molar-refractivity contribution >= 4 is 35.3 Å². The van der Waals surface area contributed by atoms with E-state index in [9.17, 15) is 24.0 Å². The van der Waals surface area contributed by atoms with Gasteiger partial charge in [-0.1, -0.05) is 24.3 Å². The Labute approximate surface area is 177 Å². The van der Waals surface area contributed by atoms with E-state index in [2.05, 4.69) is 16.0 Å². The summed E-state index contributed by atoms with van der Waals surface area (Å²) in [6, 6.07) is 10.6. The highest BCUT2D eigenvalue weighted by atomic mass is 16.2. The molecule has 2 aliphatic rings. The van der Waals surface area contributed by atoms with Crippen molar-refractivity contribution in [1.82, 2.24) is 15.5 Å². The molecule has 9 heteroatoms. The molecule has 0 saturated carbocycles. The maximum Gasteiger partial charge on any atom is 0.319 e. The Morgan fingerprint density at radius 2 is 1.87 bits per heavy atom. The zero-order valence-corrected chi connectivity index (χ0v) is 16.7. The van der Waals surface area contributed by atoms with Crippen LogP contribution in [0.5, 0.6) is 0 Å². The fourth-order valence-electron chi connectivity index (χ4n) is 3.81. The second kappa shape index (κ2) is 8.02. The summed E-state index contributed by atoms with van der Waals surface area (Å²) in [4.78, 5) is 62.6. The van der Waals surface area contributed by atoms with Gasteiger partial charge in [0.2, 0.25) is 11.8 Å². The molecule has 158 valence electrons. The lowest BCUT2D eigenvalue weighted by Gasteiger charge is -2.27. The predicted octanol–water partition coefficient (Wildman–Crippen LogP) is 1.72. The monoisotopic (exact) mass is 420 g/mol. The smallest absolute Gasteiger partial charge is 0.319 e. The molecule has 3 N–H and O–H groups in total. The summed E-state index contributed by atoms with van der Waals surface area (Å²) in [5.41, 5.74) is 2.42. The van der Waals surface area contributed by atoms with Gasteiger partial charge in [0.25, 0.3) is 11.8 Å². The molecule has 1 atom stereocenters. The van der Waals surface area contributed by atoms with Gasteiger partial charge in [-0.2, -0.15) is 0 Å². The van der Waals surface area contributed by atoms with Crippen LogP contribution in [-0.2, 0) is 16.1 Å². The summed E-state index contributed by atoms with van der Waals surface area (Å²) < 4.78 is 0. The number of benzene rings is 2. The van der Waals surface area contributed by atoms with E-state index in [0.29, 0.717) is 11.3 Å². The van der Waals surface area contributed by atoms with E-state index in [1.807, 2.05) is 25.1 Å². The van der Waals surface area contributed by atoms with Gasteiger partial charge in [-0.3, -0.25) is 29.4 Å². The minimum absolute atomic E-state index is 0.0169. The standard InChI is InChI=1S/C22H20N4O5/c1-12-4-2-6-14(10-12)24-22(31)23-11-13-5-3-7-15-18(13)21(30)26(20(15)29)16-8-9-17(27)25-19(16)28/h2-7,10,16H,8-9,11H2,1H3,(H2,23,24,31)(H,25,27,28). The molecule has 0 aliphatic carbocycles. The largest absolute Gasteiger partial charge is 0.334 e. The van der Waals surface area contributed by atoms with Crippen molar-refractivity contribution in [3.63, 3.8) is 0 Å². The van der Waals surface area contributed by atoms with Crippen LogP contribution >= 0.6 is 0 Å². The fourth-order valence-corrected chi connectivity index (χ4v) is 3.81. The average Bonchev–Trinajstić information content (AvgIpc) is 2.98. The Morgan fingerprint density at radius 3 is 2.61 bits per heavy atom. The Balaban J connectivity index is 1.50. The van der Waals surface area contributed by atoms with Crippen LogP contribution in [0.3, 0.4) is 0 Å². The van der Waals surface area contributed by atoms with Gasteiger partial charge in [-0.15, -0.1) is 0 Å². The molecule has 9 nitrogen and oxygen atoms in total. The Bertz CT molecular complexity index is 1130. The van der Waals surface area contributed by atoms with Gasteiger partial charge in [0, 0.05) is 18.7 Å². The topological polar surface area (TPSA) is 125 Å². The highest BCUT2D eigenvalue weighted by Gasteiger charge is 2.45. The number of hydrogen-bond donors (Lipinski definition) is 3. The van der Waals surface area contributed by atoms with E-state index in [1.165, 1.54) is 6.07 Å². The van der Waals surface area contributed by atoms with Crippen LogP contribution in [0.4, 0.5) is 10.5 Å². The summed E-state index contributed by atoms with van der Waals surface area (Å²) in [5.74, 6) is -2.28. The molecular weight excluding hydrogens is 400 g/mol. The van der Waals surface area contributed by atoms with Gasteiger partial charge >= 0.3 is 6.03 Å². The van der Waals surface area contributed by atoms with Crippen molar-refractivity contribution in [2.75, 3.05) is 5.32 Å². The number of fused-ring (bicyclic) bond motifs is 1. The van der Waals surface area contributed by atoms with Gasteiger partial charge in [-0.25, -0.2) is 4.79 Å². The molecule has 1 fully saturated rings. The van der Waals surface area contributed by atoms with E-state index in [4.69, 9.17) is 0 Å². The maximum atomic E-state index is 13.0. The van der Waals surface area contributed by atoms with Gasteiger partial charge in [0.1, 0.15) is 6.04 Å². The summed E-state index contributed by atoms with van der Waals surface area (Å²) in [7, 11) is 0. The van der Waals surface area contributed by atoms with Crippen LogP contribution < -0.4 is 16.0 Å². The highest BCUT2D eigenvalue weighted by Crippen LogP contribution is 2.29. The number of carbonyl (C=O) groups is 5. The first-order valence-electron chi connectivity index (χ1n) is 9.80. The average molecular weight is 420 g/mol. The Morgan fingerprint density at radius 1 is 1.10 bits per heavy atom. The van der Waals surface area contributed by atoms with E-state index >= 15 is 0 Å². The number of imide groups is 2. The second-order valence-electron chi connectivity index (χ2n) is 7.46. The van der Waals surface area contributed by atoms with Gasteiger partial charge in [0.05, 0.1) is 11.1 Å². The van der Waals surface area contributed by atoms with E-state index in [0.717, 1.165) is 10.5 Å². The first-order valence-corrected chi connectivity index (χ1v) is 9.80. The van der Waals surface area contributed by atoms with Crippen LogP contribution in [-0.4, -0.2) is 40.6 Å². The Kier molecular flexibility index (Phi) is 5.24. The number of amides is 6. The van der Waals surface area contributed by atoms with Crippen molar-refractivity contribution in [2.24, 2.45) is 0 Å². The quantitative estimate of drug-likeness (QED) is 0.650. The molecule has 4 rings (SSSR count). The molecule has 2 aliphatic heterocycles. The molecule has 2 aromatic carbocycles. The van der Waals surface area contributed by atoms with Crippen molar-refractivity contribution < 1.29 is 24.0 Å². The zero-order valence-electron chi connectivity index (χ0n) is 16.7. The van der Waals surface area contributed by atoms with Crippen LogP contribution in [0.25, 0.3) is 0 Å². The molecule has 6 amide bonds. The van der Waals surface area contributed by atoms with Crippen LogP contribution in [0.2, 0.25) is 0 Å². The third-order valence-electron chi connectivity index (χ3n) is 5.27. The summed E-state index contributed by atoms with van der Waals surface area (Å²) in [6.07, 6.45) is 0.139. The van der Waals surface area contributed by atoms with Crippen LogP contribution in [0.1, 0.15) is 44.7 Å². The van der Waals surface area contributed by atoms with E-state index in [-0.39, 0.29) is 30.5 Å². The van der Waals surface area contributed by atoms with Gasteiger partial charge in [0.15, 0.2) is 0 Å². The number of piperidine rings is 1. The van der Waals surface area contributed by atoms with E-state index < -0.39 is 35.7 Å². The zero-order chi connectivity index (χ0) is 22.1. The van der Waals surface area contributed by atoms with Crippen molar-refractivity contribution in [3.05, 3.63) is 64.7 Å². The number of rotatable bonds is 4. The Hall–Kier alpha value is -4.01. The molecular formula is C22H20N4O5. The van der Waals surface area contributed by atoms with Crippen LogP contribution in [0.15, 0.2) is 42.5 Å². The lowest BCUT2D eigenvalue weighted by atomic mass is 10.0. The minimum atomic E-state index is -1.03. The summed E-state index contributed by atoms with van der Waals surface area (Å²) in [5, 5.41) is 7.57. The maximum absolute atomic E-state index is 13.0. The highest BCUT2D eigenvalue weighted by molar-refractivity contribution is 6.24. The van der Waals surface area contributed by atoms with Crippen molar-refractivity contribution in [2.45, 2.75) is 32.4 Å². The number of aryl methyl sites for hydroxylation is 1. The first kappa shape index (κ1) is 20.3. The second-order valence-corrected chi connectivity index (χ2v) is 7.46. The van der Waals surface area contributed by atoms with Crippen LogP contribution in [0, 0.1) is 6.92 Å². The normalized spacial score (nSPS) is 18.0. The lowest BCUT2D eigenvalue weighted by Crippen LogP contribution is -2.54. The van der Waals surface area contributed by atoms with Gasteiger partial charge in [-0.05, 0) is 42.7 Å². The number of carbonyl (C=O) groups excluding carboxylic acids is 5. The SMILES string of the molecule is Cc1cccc(NC(=O)NCc2cccc3c2C(=O)N(C2CCC(=O)NC2=O)C3=O)c1. The third kappa shape index (κ3) is 3.89. The molecule has 1 unspecified atom stereocenters. The number of nitrogens with zero attached hydrogens (tertiary/aromatic N) is 1. The molecule has 0 bridgehead atoms. The molecule has 0 aromatic heterocycles. The predicted molar refractivity (Wildman–Crippen MR) is 110 cm³/mol. The number of urea groups is 1. The molecule has 1 saturated heterocycles.